The molecule has 38 heavy (non-hydrogen) atoms. The minimum absolute atomic E-state index is 0.0116. The van der Waals surface area contributed by atoms with Crippen molar-refractivity contribution in [2.45, 2.75) is 0 Å². The van der Waals surface area contributed by atoms with Crippen LogP contribution in [0.5, 0.6) is 5.75 Å². The monoisotopic (exact) mass is 533 g/mol. The lowest BCUT2D eigenvalue weighted by Crippen LogP contribution is -2.39. The van der Waals surface area contributed by atoms with Gasteiger partial charge in [0.05, 0.1) is 42.2 Å². The van der Waals surface area contributed by atoms with Gasteiger partial charge in [0, 0.05) is 30.8 Å². The zero-order valence-corrected chi connectivity index (χ0v) is 21.1. The van der Waals surface area contributed by atoms with Crippen molar-refractivity contribution in [1.82, 2.24) is 10.3 Å². The van der Waals surface area contributed by atoms with Crippen molar-refractivity contribution in [3.63, 3.8) is 0 Å². The summed E-state index contributed by atoms with van der Waals surface area (Å²) in [6, 6.07) is 16.9. The topological polar surface area (TPSA) is 132 Å². The van der Waals surface area contributed by atoms with Crippen LogP contribution in [0.2, 0.25) is 0 Å². The average Bonchev–Trinajstić information content (AvgIpc) is 3.37. The number of nitrogens with one attached hydrogen (secondary N) is 2. The number of benzene rings is 3. The second-order valence-corrected chi connectivity index (χ2v) is 8.78. The molecule has 194 valence electrons. The summed E-state index contributed by atoms with van der Waals surface area (Å²) in [5, 5.41) is 17.0. The minimum atomic E-state index is -0.582. The fourth-order valence-electron chi connectivity index (χ4n) is 4.16. The van der Waals surface area contributed by atoms with E-state index in [1.54, 1.807) is 24.3 Å². The summed E-state index contributed by atoms with van der Waals surface area (Å²) < 4.78 is 16.7. The SMILES string of the molecule is COc1ccc(-c2nc3ccccc3o2)cc1NC(=S)NC(=O)c1cc([N+](=O)[O-])ccc1N1CCOCC1. The molecule has 1 aliphatic rings. The van der Waals surface area contributed by atoms with Gasteiger partial charge in [0.2, 0.25) is 5.89 Å². The van der Waals surface area contributed by atoms with Crippen molar-refractivity contribution in [3.8, 4) is 17.2 Å². The molecule has 2 heterocycles. The van der Waals surface area contributed by atoms with E-state index < -0.39 is 10.8 Å². The molecule has 1 aromatic heterocycles. The third kappa shape index (κ3) is 5.26. The number of oxazole rings is 1. The first-order chi connectivity index (χ1) is 18.4. The highest BCUT2D eigenvalue weighted by atomic mass is 32.1. The summed E-state index contributed by atoms with van der Waals surface area (Å²) >= 11 is 5.41. The van der Waals surface area contributed by atoms with Crippen LogP contribution in [-0.2, 0) is 4.74 Å². The third-order valence-corrected chi connectivity index (χ3v) is 6.21. The van der Waals surface area contributed by atoms with Gasteiger partial charge in [0.25, 0.3) is 11.6 Å². The number of fused-ring (bicyclic) bond motifs is 1. The van der Waals surface area contributed by atoms with Crippen molar-refractivity contribution in [1.29, 1.82) is 0 Å². The second kappa shape index (κ2) is 10.8. The predicted octanol–water partition coefficient (Wildman–Crippen LogP) is 4.38. The Labute approximate surface area is 222 Å². The lowest BCUT2D eigenvalue weighted by atomic mass is 10.1. The number of rotatable bonds is 6. The molecule has 0 atom stereocenters. The van der Waals surface area contributed by atoms with Crippen LogP contribution in [-0.4, -0.2) is 54.3 Å². The van der Waals surface area contributed by atoms with Gasteiger partial charge in [-0.15, -0.1) is 0 Å². The molecule has 0 spiro atoms. The van der Waals surface area contributed by atoms with Gasteiger partial charge in [-0.1, -0.05) is 12.1 Å². The van der Waals surface area contributed by atoms with Crippen LogP contribution >= 0.6 is 12.2 Å². The second-order valence-electron chi connectivity index (χ2n) is 8.37. The lowest BCUT2D eigenvalue weighted by Gasteiger charge is -2.30. The quantitative estimate of drug-likeness (QED) is 0.209. The molecular formula is C26H23N5O6S. The summed E-state index contributed by atoms with van der Waals surface area (Å²) in [6.07, 6.45) is 0. The number of non-ortho nitro benzene ring substituents is 1. The first kappa shape index (κ1) is 25.1. The van der Waals surface area contributed by atoms with Crippen LogP contribution in [0.15, 0.2) is 65.1 Å². The van der Waals surface area contributed by atoms with Gasteiger partial charge in [0.1, 0.15) is 11.3 Å². The number of carbonyl (C=O) groups excluding carboxylic acids is 1. The van der Waals surface area contributed by atoms with E-state index in [4.69, 9.17) is 26.1 Å². The highest BCUT2D eigenvalue weighted by molar-refractivity contribution is 7.80. The number of amides is 1. The van der Waals surface area contributed by atoms with Gasteiger partial charge >= 0.3 is 0 Å². The Morgan fingerprint density at radius 2 is 1.92 bits per heavy atom. The van der Waals surface area contributed by atoms with Gasteiger partial charge < -0.3 is 24.1 Å². The fraction of sp³-hybridized carbons (Fsp3) is 0.192. The molecule has 11 nitrogen and oxygen atoms in total. The van der Waals surface area contributed by atoms with Crippen molar-refractivity contribution < 1.29 is 23.6 Å². The number of nitro groups is 1. The highest BCUT2D eigenvalue weighted by Gasteiger charge is 2.23. The van der Waals surface area contributed by atoms with E-state index >= 15 is 0 Å². The van der Waals surface area contributed by atoms with Gasteiger partial charge in [0.15, 0.2) is 10.7 Å². The van der Waals surface area contributed by atoms with Crippen molar-refractivity contribution in [2.75, 3.05) is 43.6 Å². The molecule has 0 saturated carbocycles. The number of carbonyl (C=O) groups is 1. The molecule has 2 N–H and O–H groups in total. The number of methoxy groups -OCH3 is 1. The number of hydrogen-bond donors (Lipinski definition) is 2. The Morgan fingerprint density at radius 1 is 1.13 bits per heavy atom. The highest BCUT2D eigenvalue weighted by Crippen LogP contribution is 2.32. The molecule has 1 amide bonds. The average molecular weight is 534 g/mol. The summed E-state index contributed by atoms with van der Waals surface area (Å²) in [5.41, 5.74) is 3.04. The maximum absolute atomic E-state index is 13.3. The first-order valence-corrected chi connectivity index (χ1v) is 12.1. The van der Waals surface area contributed by atoms with Crippen LogP contribution in [0.3, 0.4) is 0 Å². The minimum Gasteiger partial charge on any atom is -0.495 e. The molecule has 4 aromatic rings. The maximum Gasteiger partial charge on any atom is 0.270 e. The summed E-state index contributed by atoms with van der Waals surface area (Å²) in [6.45, 7) is 2.10. The number of morpholine rings is 1. The number of para-hydroxylation sites is 2. The number of thiocarbonyl (C=S) groups is 1. The number of hydrogen-bond acceptors (Lipinski definition) is 9. The van der Waals surface area contributed by atoms with Gasteiger partial charge in [-0.3, -0.25) is 20.2 Å². The molecule has 0 unspecified atom stereocenters. The van der Waals surface area contributed by atoms with E-state index in [1.807, 2.05) is 29.2 Å². The van der Waals surface area contributed by atoms with E-state index in [1.165, 1.54) is 19.2 Å². The summed E-state index contributed by atoms with van der Waals surface area (Å²) in [4.78, 5) is 30.6. The Hall–Kier alpha value is -4.55. The standard InChI is InChI=1S/C26H23N5O6S/c1-35-22-9-6-16(25-27-19-4-2-3-5-23(19)37-25)14-20(22)28-26(38)29-24(32)18-15-17(31(33)34)7-8-21(18)30-10-12-36-13-11-30/h2-9,14-15H,10-13H2,1H3,(H2,28,29,32,38). The summed E-state index contributed by atoms with van der Waals surface area (Å²) in [5.74, 6) is 0.311. The van der Waals surface area contributed by atoms with Crippen LogP contribution in [0.4, 0.5) is 17.1 Å². The van der Waals surface area contributed by atoms with Gasteiger partial charge in [-0.25, -0.2) is 4.98 Å². The molecular weight excluding hydrogens is 510 g/mol. The van der Waals surface area contributed by atoms with E-state index in [0.717, 1.165) is 5.52 Å². The molecule has 5 rings (SSSR count). The first-order valence-electron chi connectivity index (χ1n) is 11.7. The molecule has 0 radical (unpaired) electrons. The van der Waals surface area contributed by atoms with Crippen LogP contribution in [0.25, 0.3) is 22.6 Å². The van der Waals surface area contributed by atoms with Crippen LogP contribution < -0.4 is 20.3 Å². The normalized spacial score (nSPS) is 13.2. The zero-order valence-electron chi connectivity index (χ0n) is 20.3. The zero-order chi connectivity index (χ0) is 26.6. The fourth-order valence-corrected chi connectivity index (χ4v) is 4.36. The number of nitro benzene ring substituents is 1. The lowest BCUT2D eigenvalue weighted by molar-refractivity contribution is -0.384. The van der Waals surface area contributed by atoms with E-state index in [0.29, 0.717) is 60.5 Å². The van der Waals surface area contributed by atoms with E-state index in [2.05, 4.69) is 15.6 Å². The molecule has 1 aliphatic heterocycles. The summed E-state index contributed by atoms with van der Waals surface area (Å²) in [7, 11) is 1.51. The number of ether oxygens (including phenoxy) is 2. The van der Waals surface area contributed by atoms with Crippen molar-refractivity contribution >= 4 is 51.4 Å². The smallest absolute Gasteiger partial charge is 0.270 e. The third-order valence-electron chi connectivity index (χ3n) is 6.00. The molecule has 1 saturated heterocycles. The molecule has 3 aromatic carbocycles. The number of aromatic nitrogens is 1. The largest absolute Gasteiger partial charge is 0.495 e. The van der Waals surface area contributed by atoms with Crippen LogP contribution in [0.1, 0.15) is 10.4 Å². The number of nitrogens with zero attached hydrogens (tertiary/aromatic N) is 3. The number of anilines is 2. The Balaban J connectivity index is 1.38. The van der Waals surface area contributed by atoms with Gasteiger partial charge in [-0.2, -0.15) is 0 Å². The Bertz CT molecular complexity index is 1500. The van der Waals surface area contributed by atoms with Crippen molar-refractivity contribution in [3.05, 3.63) is 76.3 Å². The maximum atomic E-state index is 13.3. The predicted molar refractivity (Wildman–Crippen MR) is 146 cm³/mol. The molecule has 1 fully saturated rings. The molecule has 0 aliphatic carbocycles. The van der Waals surface area contributed by atoms with E-state index in [-0.39, 0.29) is 16.4 Å². The van der Waals surface area contributed by atoms with E-state index in [9.17, 15) is 14.9 Å². The van der Waals surface area contributed by atoms with Crippen LogP contribution in [0, 0.1) is 10.1 Å². The molecule has 12 heteroatoms. The molecule has 0 bridgehead atoms. The van der Waals surface area contributed by atoms with Crippen molar-refractivity contribution in [2.24, 2.45) is 0 Å². The Morgan fingerprint density at radius 3 is 2.66 bits per heavy atom. The Kier molecular flexibility index (Phi) is 7.15. The van der Waals surface area contributed by atoms with Gasteiger partial charge in [-0.05, 0) is 48.6 Å².